The van der Waals surface area contributed by atoms with Crippen LogP contribution in [0.4, 0.5) is 0 Å². The van der Waals surface area contributed by atoms with E-state index in [1.165, 1.54) is 12.4 Å². The number of nitrogens with one attached hydrogen (secondary N) is 1. The minimum atomic E-state index is 1.39. The highest BCUT2D eigenvalue weighted by atomic mass is 14.8. The third-order valence-electron chi connectivity index (χ3n) is 0.385. The van der Waals surface area contributed by atoms with Crippen LogP contribution in [0.2, 0.25) is 0 Å². The summed E-state index contributed by atoms with van der Waals surface area (Å²) >= 11 is 0. The molecule has 7 heavy (non-hydrogen) atoms. The summed E-state index contributed by atoms with van der Waals surface area (Å²) in [6.07, 6.45) is 5.92. The first-order chi connectivity index (χ1) is 3.41. The van der Waals surface area contributed by atoms with Crippen molar-refractivity contribution in [1.82, 2.24) is 5.32 Å². The van der Waals surface area contributed by atoms with Crippen molar-refractivity contribution in [3.63, 3.8) is 0 Å². The fraction of sp³-hybridized carbons (Fsp3) is 0. The molecule has 0 saturated heterocycles. The van der Waals surface area contributed by atoms with Crippen LogP contribution < -0.4 is 16.8 Å². The average Bonchev–Trinajstić information content (AvgIpc) is 1.69. The van der Waals surface area contributed by atoms with Crippen LogP contribution in [0.15, 0.2) is 24.8 Å². The lowest BCUT2D eigenvalue weighted by Gasteiger charge is -1.81. The van der Waals surface area contributed by atoms with Crippen molar-refractivity contribution in [3.05, 3.63) is 24.8 Å². The van der Waals surface area contributed by atoms with E-state index in [0.29, 0.717) is 0 Å². The van der Waals surface area contributed by atoms with Gasteiger partial charge >= 0.3 is 0 Å². The van der Waals surface area contributed by atoms with E-state index in [9.17, 15) is 0 Å². The number of hydrogen-bond acceptors (Lipinski definition) is 3. The van der Waals surface area contributed by atoms with E-state index in [2.05, 4.69) is 5.32 Å². The first kappa shape index (κ1) is 5.88. The zero-order valence-corrected chi connectivity index (χ0v) is 3.96. The van der Waals surface area contributed by atoms with Gasteiger partial charge in [0.1, 0.15) is 0 Å². The van der Waals surface area contributed by atoms with Crippen molar-refractivity contribution < 1.29 is 0 Å². The van der Waals surface area contributed by atoms with Gasteiger partial charge in [-0.15, -0.1) is 0 Å². The van der Waals surface area contributed by atoms with Crippen LogP contribution in [0, 0.1) is 0 Å². The predicted molar refractivity (Wildman–Crippen MR) is 29.8 cm³/mol. The molecule has 0 atom stereocenters. The normalized spacial score (nSPS) is 10.9. The summed E-state index contributed by atoms with van der Waals surface area (Å²) in [4.78, 5) is 0. The third kappa shape index (κ3) is 4.88. The highest BCUT2D eigenvalue weighted by Gasteiger charge is 1.55. The Kier molecular flexibility index (Phi) is 4.10. The van der Waals surface area contributed by atoms with Crippen molar-refractivity contribution >= 4 is 0 Å². The van der Waals surface area contributed by atoms with Crippen LogP contribution in [-0.4, -0.2) is 0 Å². The van der Waals surface area contributed by atoms with Gasteiger partial charge in [-0.05, 0) is 0 Å². The molecule has 0 aliphatic carbocycles. The van der Waals surface area contributed by atoms with Crippen molar-refractivity contribution in [3.8, 4) is 0 Å². The minimum absolute atomic E-state index is 1.39. The zero-order valence-electron chi connectivity index (χ0n) is 3.96. The molecular weight excluding hydrogens is 90.1 g/mol. The molecule has 0 heterocycles. The summed E-state index contributed by atoms with van der Waals surface area (Å²) in [5.74, 6) is 0. The largest absolute Gasteiger partial charge is 0.403 e. The second kappa shape index (κ2) is 4.88. The van der Waals surface area contributed by atoms with Gasteiger partial charge in [0.25, 0.3) is 0 Å². The first-order valence-electron chi connectivity index (χ1n) is 1.91. The topological polar surface area (TPSA) is 64.1 Å². The number of hydrogen-bond donors (Lipinski definition) is 3. The maximum absolute atomic E-state index is 4.95. The monoisotopic (exact) mass is 99.1 g/mol. The predicted octanol–water partition coefficient (Wildman–Crippen LogP) is -0.564. The molecular formula is C4H9N3. The molecule has 3 nitrogen and oxygen atoms in total. The Morgan fingerprint density at radius 3 is 1.71 bits per heavy atom. The standard InChI is InChI=1S/C4H9N3/c5-1-3-7-4-2-6/h1-4,7H,5-6H2/b3-1+,4-2+. The zero-order chi connectivity index (χ0) is 5.54. The van der Waals surface area contributed by atoms with Gasteiger partial charge in [-0.1, -0.05) is 0 Å². The van der Waals surface area contributed by atoms with E-state index in [0.717, 1.165) is 0 Å². The molecule has 3 heteroatoms. The SMILES string of the molecule is N/C=C/N/C=C/N. The van der Waals surface area contributed by atoms with E-state index in [1.54, 1.807) is 12.4 Å². The van der Waals surface area contributed by atoms with E-state index in [1.807, 2.05) is 0 Å². The molecule has 5 N–H and O–H groups in total. The molecule has 0 radical (unpaired) electrons. The van der Waals surface area contributed by atoms with Gasteiger partial charge in [0.05, 0.1) is 0 Å². The maximum atomic E-state index is 4.95. The summed E-state index contributed by atoms with van der Waals surface area (Å²) in [6, 6.07) is 0. The van der Waals surface area contributed by atoms with Crippen LogP contribution in [0.3, 0.4) is 0 Å². The Labute approximate surface area is 42.7 Å². The highest BCUT2D eigenvalue weighted by Crippen LogP contribution is 1.55. The van der Waals surface area contributed by atoms with Crippen LogP contribution >= 0.6 is 0 Å². The van der Waals surface area contributed by atoms with Crippen molar-refractivity contribution in [2.45, 2.75) is 0 Å². The Bertz CT molecular complexity index is 65.0. The molecule has 0 unspecified atom stereocenters. The van der Waals surface area contributed by atoms with Gasteiger partial charge in [0.2, 0.25) is 0 Å². The van der Waals surface area contributed by atoms with Gasteiger partial charge in [-0.2, -0.15) is 0 Å². The lowest BCUT2D eigenvalue weighted by atomic mass is 10.8. The second-order valence-corrected chi connectivity index (χ2v) is 0.885. The Morgan fingerprint density at radius 2 is 1.43 bits per heavy atom. The van der Waals surface area contributed by atoms with Crippen molar-refractivity contribution in [2.75, 3.05) is 0 Å². The van der Waals surface area contributed by atoms with E-state index in [-0.39, 0.29) is 0 Å². The van der Waals surface area contributed by atoms with Crippen LogP contribution in [0.1, 0.15) is 0 Å². The molecule has 0 aromatic carbocycles. The number of nitrogens with two attached hydrogens (primary N) is 2. The molecule has 0 aromatic heterocycles. The van der Waals surface area contributed by atoms with E-state index in [4.69, 9.17) is 11.5 Å². The molecule has 0 rings (SSSR count). The molecule has 0 fully saturated rings. The lowest BCUT2D eigenvalue weighted by molar-refractivity contribution is 1.17. The fourth-order valence-corrected chi connectivity index (χ4v) is 0.167. The Hall–Kier alpha value is -1.12. The maximum Gasteiger partial charge on any atom is 0.0162 e. The van der Waals surface area contributed by atoms with Crippen LogP contribution in [-0.2, 0) is 0 Å². The van der Waals surface area contributed by atoms with Gasteiger partial charge < -0.3 is 16.8 Å². The van der Waals surface area contributed by atoms with Gasteiger partial charge in [-0.3, -0.25) is 0 Å². The summed E-state index contributed by atoms with van der Waals surface area (Å²) in [5, 5.41) is 2.67. The molecule has 0 aromatic rings. The lowest BCUT2D eigenvalue weighted by Crippen LogP contribution is -1.95. The molecule has 0 aliphatic heterocycles. The van der Waals surface area contributed by atoms with Crippen molar-refractivity contribution in [1.29, 1.82) is 0 Å². The van der Waals surface area contributed by atoms with Gasteiger partial charge in [-0.25, -0.2) is 0 Å². The summed E-state index contributed by atoms with van der Waals surface area (Å²) < 4.78 is 0. The quantitative estimate of drug-likeness (QED) is 0.434. The minimum Gasteiger partial charge on any atom is -0.403 e. The summed E-state index contributed by atoms with van der Waals surface area (Å²) in [7, 11) is 0. The van der Waals surface area contributed by atoms with Crippen molar-refractivity contribution in [2.24, 2.45) is 11.5 Å². The molecule has 40 valence electrons. The van der Waals surface area contributed by atoms with Gasteiger partial charge in [0.15, 0.2) is 0 Å². The number of rotatable bonds is 2. The Morgan fingerprint density at radius 1 is 1.00 bits per heavy atom. The molecule has 0 bridgehead atoms. The second-order valence-electron chi connectivity index (χ2n) is 0.885. The first-order valence-corrected chi connectivity index (χ1v) is 1.91. The molecule has 0 spiro atoms. The van der Waals surface area contributed by atoms with Crippen LogP contribution in [0.5, 0.6) is 0 Å². The van der Waals surface area contributed by atoms with E-state index >= 15 is 0 Å². The highest BCUT2D eigenvalue weighted by molar-refractivity contribution is 4.82. The smallest absolute Gasteiger partial charge is 0.0162 e. The van der Waals surface area contributed by atoms with Crippen LogP contribution in [0.25, 0.3) is 0 Å². The van der Waals surface area contributed by atoms with E-state index < -0.39 is 0 Å². The van der Waals surface area contributed by atoms with Gasteiger partial charge in [0, 0.05) is 24.8 Å². The average molecular weight is 99.1 g/mol. The Balaban J connectivity index is 2.98. The molecule has 0 amide bonds. The summed E-state index contributed by atoms with van der Waals surface area (Å²) in [6.45, 7) is 0. The summed E-state index contributed by atoms with van der Waals surface area (Å²) in [5.41, 5.74) is 9.90. The third-order valence-corrected chi connectivity index (χ3v) is 0.385. The molecule has 0 saturated carbocycles. The molecule has 0 aliphatic rings. The fourth-order valence-electron chi connectivity index (χ4n) is 0.167.